The Morgan fingerprint density at radius 2 is 2.06 bits per heavy atom. The monoisotopic (exact) mass is 249 g/mol. The summed E-state index contributed by atoms with van der Waals surface area (Å²) in [5.41, 5.74) is -3.30. The van der Waals surface area contributed by atoms with Crippen LogP contribution in [-0.2, 0) is 24.1 Å². The lowest BCUT2D eigenvalue weighted by Crippen LogP contribution is -2.29. The third kappa shape index (κ3) is 2.18. The van der Waals surface area contributed by atoms with Crippen LogP contribution < -0.4 is 5.32 Å². The van der Waals surface area contributed by atoms with Crippen molar-refractivity contribution in [1.29, 1.82) is 0 Å². The molecule has 0 aliphatic carbocycles. The van der Waals surface area contributed by atoms with Crippen LogP contribution in [0, 0.1) is 0 Å². The molecule has 1 heterocycles. The molecule has 0 aromatic heterocycles. The molecule has 0 spiro atoms. The van der Waals surface area contributed by atoms with Crippen LogP contribution in [0.25, 0.3) is 0 Å². The molecule has 0 saturated heterocycles. The van der Waals surface area contributed by atoms with Gasteiger partial charge in [-0.05, 0) is 24.6 Å². The molecule has 0 radical (unpaired) electrons. The van der Waals surface area contributed by atoms with E-state index in [-0.39, 0.29) is 4.90 Å². The summed E-state index contributed by atoms with van der Waals surface area (Å²) in [6, 6.07) is 4.60. The summed E-state index contributed by atoms with van der Waals surface area (Å²) in [6.07, 6.45) is 0.679. The molecule has 16 heavy (non-hydrogen) atoms. The zero-order valence-electron chi connectivity index (χ0n) is 8.30. The van der Waals surface area contributed by atoms with E-state index in [1.165, 1.54) is 12.1 Å². The van der Waals surface area contributed by atoms with Crippen LogP contribution in [0.2, 0.25) is 0 Å². The second-order valence-corrected chi connectivity index (χ2v) is 4.98. The molecular formula is C10H10F3NOS. The number of hydrogen-bond donors (Lipinski definition) is 1. The van der Waals surface area contributed by atoms with Crippen LogP contribution in [0.5, 0.6) is 0 Å². The molecule has 0 fully saturated rings. The van der Waals surface area contributed by atoms with Gasteiger partial charge >= 0.3 is 5.51 Å². The first-order valence-electron chi connectivity index (χ1n) is 4.80. The van der Waals surface area contributed by atoms with Gasteiger partial charge in [0.05, 0.1) is 11.2 Å². The molecule has 1 aliphatic rings. The Hall–Kier alpha value is -0.720. The van der Waals surface area contributed by atoms with E-state index in [0.717, 1.165) is 12.1 Å². The lowest BCUT2D eigenvalue weighted by molar-refractivity contribution is -0.0435. The zero-order chi connectivity index (χ0) is 11.8. The van der Waals surface area contributed by atoms with Crippen molar-refractivity contribution in [3.8, 4) is 0 Å². The number of hydrogen-bond acceptors (Lipinski definition) is 2. The predicted molar refractivity (Wildman–Crippen MR) is 54.3 cm³/mol. The second-order valence-electron chi connectivity index (χ2n) is 3.54. The molecule has 1 atom stereocenters. The molecule has 2 rings (SSSR count). The fraction of sp³-hybridized carbons (Fsp3) is 0.400. The van der Waals surface area contributed by atoms with Gasteiger partial charge in [0.1, 0.15) is 0 Å². The van der Waals surface area contributed by atoms with Crippen molar-refractivity contribution < 1.29 is 17.7 Å². The van der Waals surface area contributed by atoms with Gasteiger partial charge in [-0.3, -0.25) is 0 Å². The maximum Gasteiger partial charge on any atom is 0.578 e. The normalized spacial score (nSPS) is 18.0. The van der Waals surface area contributed by atoms with E-state index in [9.17, 15) is 17.7 Å². The maximum atomic E-state index is 12.4. The molecule has 1 aromatic rings. The second kappa shape index (κ2) is 4.27. The number of halogens is 3. The summed E-state index contributed by atoms with van der Waals surface area (Å²) >= 11 is -2.93. The predicted octanol–water partition coefficient (Wildman–Crippen LogP) is 1.96. The van der Waals surface area contributed by atoms with Gasteiger partial charge in [0.15, 0.2) is 4.90 Å². The van der Waals surface area contributed by atoms with Crippen molar-refractivity contribution in [2.24, 2.45) is 0 Å². The van der Waals surface area contributed by atoms with Crippen molar-refractivity contribution in [3.63, 3.8) is 0 Å². The van der Waals surface area contributed by atoms with Crippen LogP contribution in [0.1, 0.15) is 11.1 Å². The summed E-state index contributed by atoms with van der Waals surface area (Å²) < 4.78 is 48.4. The highest BCUT2D eigenvalue weighted by Gasteiger charge is 2.47. The molecule has 1 unspecified atom stereocenters. The molecular weight excluding hydrogens is 239 g/mol. The highest BCUT2D eigenvalue weighted by atomic mass is 32.2. The average molecular weight is 249 g/mol. The first-order valence-corrected chi connectivity index (χ1v) is 5.95. The summed E-state index contributed by atoms with van der Waals surface area (Å²) in [5, 5.41) is 2.99. The summed E-state index contributed by atoms with van der Waals surface area (Å²) in [6.45, 7) is 1.10. The van der Waals surface area contributed by atoms with E-state index < -0.39 is 16.7 Å². The summed E-state index contributed by atoms with van der Waals surface area (Å²) in [5.74, 6) is 0. The van der Waals surface area contributed by atoms with Gasteiger partial charge in [-0.2, -0.15) is 0 Å². The van der Waals surface area contributed by atoms with E-state index >= 15 is 0 Å². The van der Waals surface area contributed by atoms with Crippen LogP contribution in [0.15, 0.2) is 23.1 Å². The van der Waals surface area contributed by atoms with Crippen molar-refractivity contribution in [2.45, 2.75) is 23.4 Å². The lowest BCUT2D eigenvalue weighted by atomic mass is 10.0. The highest BCUT2D eigenvalue weighted by Crippen LogP contribution is 2.33. The summed E-state index contributed by atoms with van der Waals surface area (Å²) in [4.78, 5) is -0.114. The summed E-state index contributed by atoms with van der Waals surface area (Å²) in [7, 11) is 0. The fourth-order valence-corrected chi connectivity index (χ4v) is 2.66. The molecule has 1 aliphatic heterocycles. The largest absolute Gasteiger partial charge is 0.604 e. The SMILES string of the molecule is [O-][S+](c1cccc2c1CNCC2)C(F)(F)F. The van der Waals surface area contributed by atoms with Gasteiger partial charge in [-0.15, -0.1) is 13.2 Å². The zero-order valence-corrected chi connectivity index (χ0v) is 9.12. The number of nitrogens with one attached hydrogen (secondary N) is 1. The Morgan fingerprint density at radius 3 is 2.75 bits per heavy atom. The first kappa shape index (κ1) is 11.8. The van der Waals surface area contributed by atoms with Crippen LogP contribution in [0.4, 0.5) is 13.2 Å². The third-order valence-corrected chi connectivity index (χ3v) is 3.72. The van der Waals surface area contributed by atoms with Crippen molar-refractivity contribution in [3.05, 3.63) is 29.3 Å². The Kier molecular flexibility index (Phi) is 3.14. The van der Waals surface area contributed by atoms with Crippen molar-refractivity contribution in [1.82, 2.24) is 5.32 Å². The van der Waals surface area contributed by atoms with E-state index in [1.807, 2.05) is 0 Å². The Balaban J connectivity index is 2.41. The van der Waals surface area contributed by atoms with Crippen LogP contribution in [-0.4, -0.2) is 16.6 Å². The average Bonchev–Trinajstić information content (AvgIpc) is 2.26. The van der Waals surface area contributed by atoms with E-state index in [1.54, 1.807) is 6.07 Å². The quantitative estimate of drug-likeness (QED) is 0.772. The molecule has 1 N–H and O–H groups in total. The number of fused-ring (bicyclic) bond motifs is 1. The van der Waals surface area contributed by atoms with E-state index in [2.05, 4.69) is 5.32 Å². The molecule has 88 valence electrons. The van der Waals surface area contributed by atoms with Gasteiger partial charge in [0, 0.05) is 12.1 Å². The van der Waals surface area contributed by atoms with Crippen LogP contribution in [0.3, 0.4) is 0 Å². The van der Waals surface area contributed by atoms with Gasteiger partial charge in [0.2, 0.25) is 0 Å². The smallest absolute Gasteiger partial charge is 0.578 e. The molecule has 1 aromatic carbocycles. The number of rotatable bonds is 1. The minimum atomic E-state index is -4.69. The standard InChI is InChI=1S/C10H10F3NOS/c11-10(12,13)16(15)9-3-1-2-7-4-5-14-6-8(7)9/h1-3,14H,4-6H2. The molecule has 0 bridgehead atoms. The molecule has 0 saturated carbocycles. The molecule has 2 nitrogen and oxygen atoms in total. The first-order chi connectivity index (χ1) is 7.50. The van der Waals surface area contributed by atoms with Gasteiger partial charge in [-0.25, -0.2) is 0 Å². The minimum absolute atomic E-state index is 0.114. The highest BCUT2D eigenvalue weighted by molar-refractivity contribution is 7.92. The van der Waals surface area contributed by atoms with Gasteiger partial charge in [-0.1, -0.05) is 12.1 Å². The van der Waals surface area contributed by atoms with Gasteiger partial charge < -0.3 is 9.87 Å². The van der Waals surface area contributed by atoms with Gasteiger partial charge in [0.25, 0.3) is 0 Å². The number of benzene rings is 1. The minimum Gasteiger partial charge on any atom is -0.604 e. The van der Waals surface area contributed by atoms with Crippen molar-refractivity contribution in [2.75, 3.05) is 6.54 Å². The molecule has 6 heteroatoms. The Labute approximate surface area is 94.0 Å². The fourth-order valence-electron chi connectivity index (χ4n) is 1.78. The molecule has 0 amide bonds. The van der Waals surface area contributed by atoms with Crippen LogP contribution >= 0.6 is 0 Å². The van der Waals surface area contributed by atoms with E-state index in [4.69, 9.17) is 0 Å². The topological polar surface area (TPSA) is 35.1 Å². The Morgan fingerprint density at radius 1 is 1.31 bits per heavy atom. The number of alkyl halides is 3. The third-order valence-electron chi connectivity index (χ3n) is 2.51. The Bertz CT molecular complexity index is 394. The van der Waals surface area contributed by atoms with Crippen molar-refractivity contribution >= 4 is 11.2 Å². The maximum absolute atomic E-state index is 12.4. The van der Waals surface area contributed by atoms with E-state index in [0.29, 0.717) is 18.5 Å². The lowest BCUT2D eigenvalue weighted by Gasteiger charge is -2.21.